The zero-order valence-electron chi connectivity index (χ0n) is 8.53. The summed E-state index contributed by atoms with van der Waals surface area (Å²) in [4.78, 5) is 4.47. The molecule has 1 atom stereocenters. The van der Waals surface area contributed by atoms with E-state index in [2.05, 4.69) is 23.3 Å². The highest BCUT2D eigenvalue weighted by molar-refractivity contribution is 7.22. The molecule has 0 spiro atoms. The molecular formula is C11H13ClN2S. The molecular weight excluding hydrogens is 228 g/mol. The second-order valence-corrected chi connectivity index (χ2v) is 5.02. The number of para-hydroxylation sites is 1. The van der Waals surface area contributed by atoms with Crippen LogP contribution < -0.4 is 5.32 Å². The van der Waals surface area contributed by atoms with Crippen molar-refractivity contribution in [1.29, 1.82) is 0 Å². The summed E-state index contributed by atoms with van der Waals surface area (Å²) in [6.45, 7) is 2.86. The fraction of sp³-hybridized carbons (Fsp3) is 0.364. The predicted molar refractivity (Wildman–Crippen MR) is 68.0 cm³/mol. The van der Waals surface area contributed by atoms with Gasteiger partial charge < -0.3 is 5.32 Å². The molecule has 2 aromatic rings. The maximum absolute atomic E-state index is 6.03. The SMILES string of the molecule is CCC(Cl)CNc1nc2ccccc2s1. The minimum absolute atomic E-state index is 0.178. The van der Waals surface area contributed by atoms with Gasteiger partial charge in [-0.25, -0.2) is 4.98 Å². The molecule has 80 valence electrons. The Hall–Kier alpha value is -0.800. The van der Waals surface area contributed by atoms with Crippen molar-refractivity contribution >= 4 is 38.3 Å². The second kappa shape index (κ2) is 4.81. The summed E-state index contributed by atoms with van der Waals surface area (Å²) in [5, 5.41) is 4.39. The summed E-state index contributed by atoms with van der Waals surface area (Å²) in [7, 11) is 0. The molecule has 1 heterocycles. The quantitative estimate of drug-likeness (QED) is 0.824. The summed E-state index contributed by atoms with van der Waals surface area (Å²) in [5.41, 5.74) is 1.05. The van der Waals surface area contributed by atoms with Crippen molar-refractivity contribution in [3.05, 3.63) is 24.3 Å². The van der Waals surface area contributed by atoms with Crippen molar-refractivity contribution in [3.63, 3.8) is 0 Å². The van der Waals surface area contributed by atoms with Gasteiger partial charge in [-0.2, -0.15) is 0 Å². The van der Waals surface area contributed by atoms with E-state index in [1.165, 1.54) is 4.70 Å². The van der Waals surface area contributed by atoms with Gasteiger partial charge in [-0.15, -0.1) is 11.6 Å². The summed E-state index contributed by atoms with van der Waals surface area (Å²) in [5.74, 6) is 0. The lowest BCUT2D eigenvalue weighted by atomic mass is 10.3. The third-order valence-electron chi connectivity index (χ3n) is 2.21. The highest BCUT2D eigenvalue weighted by atomic mass is 35.5. The van der Waals surface area contributed by atoms with E-state index in [4.69, 9.17) is 11.6 Å². The molecule has 2 rings (SSSR count). The molecule has 2 nitrogen and oxygen atoms in total. The van der Waals surface area contributed by atoms with Crippen LogP contribution in [0.25, 0.3) is 10.2 Å². The molecule has 0 fully saturated rings. The Morgan fingerprint density at radius 3 is 3.00 bits per heavy atom. The number of halogens is 1. The Morgan fingerprint density at radius 1 is 1.47 bits per heavy atom. The van der Waals surface area contributed by atoms with E-state index in [9.17, 15) is 0 Å². The Bertz CT molecular complexity index is 408. The van der Waals surface area contributed by atoms with Crippen LogP contribution in [-0.4, -0.2) is 16.9 Å². The highest BCUT2D eigenvalue weighted by Crippen LogP contribution is 2.25. The topological polar surface area (TPSA) is 24.9 Å². The lowest BCUT2D eigenvalue weighted by Gasteiger charge is -2.05. The van der Waals surface area contributed by atoms with Gasteiger partial charge in [0.15, 0.2) is 5.13 Å². The normalized spacial score (nSPS) is 12.9. The number of hydrogen-bond donors (Lipinski definition) is 1. The molecule has 1 unspecified atom stereocenters. The third-order valence-corrected chi connectivity index (χ3v) is 3.67. The second-order valence-electron chi connectivity index (χ2n) is 3.37. The summed E-state index contributed by atoms with van der Waals surface area (Å²) >= 11 is 7.70. The van der Waals surface area contributed by atoms with E-state index in [1.54, 1.807) is 11.3 Å². The van der Waals surface area contributed by atoms with Crippen LogP contribution in [-0.2, 0) is 0 Å². The van der Waals surface area contributed by atoms with Crippen LogP contribution in [0.15, 0.2) is 24.3 Å². The van der Waals surface area contributed by atoms with Crippen molar-refractivity contribution in [3.8, 4) is 0 Å². The first-order valence-electron chi connectivity index (χ1n) is 5.03. The number of hydrogen-bond acceptors (Lipinski definition) is 3. The van der Waals surface area contributed by atoms with Crippen molar-refractivity contribution in [2.75, 3.05) is 11.9 Å². The maximum atomic E-state index is 6.03. The smallest absolute Gasteiger partial charge is 0.183 e. The van der Waals surface area contributed by atoms with Gasteiger partial charge in [0.25, 0.3) is 0 Å². The van der Waals surface area contributed by atoms with E-state index in [-0.39, 0.29) is 5.38 Å². The molecule has 4 heteroatoms. The van der Waals surface area contributed by atoms with Gasteiger partial charge in [0.2, 0.25) is 0 Å². The molecule has 1 aromatic carbocycles. The number of nitrogens with zero attached hydrogens (tertiary/aromatic N) is 1. The van der Waals surface area contributed by atoms with Crippen LogP contribution >= 0.6 is 22.9 Å². The number of rotatable bonds is 4. The summed E-state index contributed by atoms with van der Waals surface area (Å²) in [6.07, 6.45) is 0.972. The van der Waals surface area contributed by atoms with Crippen LogP contribution in [0.3, 0.4) is 0 Å². The summed E-state index contributed by atoms with van der Waals surface area (Å²) in [6, 6.07) is 8.13. The lowest BCUT2D eigenvalue weighted by molar-refractivity contribution is 0.843. The van der Waals surface area contributed by atoms with Crippen molar-refractivity contribution in [2.24, 2.45) is 0 Å². The number of alkyl halides is 1. The zero-order valence-corrected chi connectivity index (χ0v) is 10.1. The monoisotopic (exact) mass is 240 g/mol. The summed E-state index contributed by atoms with van der Waals surface area (Å²) < 4.78 is 1.21. The van der Waals surface area contributed by atoms with E-state index in [0.29, 0.717) is 0 Å². The highest BCUT2D eigenvalue weighted by Gasteiger charge is 2.04. The van der Waals surface area contributed by atoms with Crippen molar-refractivity contribution < 1.29 is 0 Å². The zero-order chi connectivity index (χ0) is 10.7. The number of anilines is 1. The Kier molecular flexibility index (Phi) is 3.44. The van der Waals surface area contributed by atoms with Gasteiger partial charge in [-0.1, -0.05) is 30.4 Å². The molecule has 0 amide bonds. The Labute approximate surface area is 98.3 Å². The van der Waals surface area contributed by atoms with Gasteiger partial charge in [0.1, 0.15) is 0 Å². The fourth-order valence-electron chi connectivity index (χ4n) is 1.29. The predicted octanol–water partition coefficient (Wildman–Crippen LogP) is 3.73. The van der Waals surface area contributed by atoms with Crippen LogP contribution in [0.5, 0.6) is 0 Å². The van der Waals surface area contributed by atoms with Gasteiger partial charge in [0.05, 0.1) is 15.6 Å². The van der Waals surface area contributed by atoms with E-state index >= 15 is 0 Å². The molecule has 1 aromatic heterocycles. The molecule has 0 radical (unpaired) electrons. The number of nitrogens with one attached hydrogen (secondary N) is 1. The molecule has 0 aliphatic rings. The minimum atomic E-state index is 0.178. The molecule has 15 heavy (non-hydrogen) atoms. The van der Waals surface area contributed by atoms with Gasteiger partial charge in [0, 0.05) is 6.54 Å². The molecule has 0 saturated carbocycles. The Morgan fingerprint density at radius 2 is 2.27 bits per heavy atom. The number of fused-ring (bicyclic) bond motifs is 1. The molecule has 0 aliphatic carbocycles. The van der Waals surface area contributed by atoms with Crippen molar-refractivity contribution in [2.45, 2.75) is 18.7 Å². The Balaban J connectivity index is 2.09. The van der Waals surface area contributed by atoms with Gasteiger partial charge in [-0.05, 0) is 18.6 Å². The minimum Gasteiger partial charge on any atom is -0.360 e. The number of aromatic nitrogens is 1. The molecule has 0 saturated heterocycles. The average Bonchev–Trinajstić information content (AvgIpc) is 2.68. The van der Waals surface area contributed by atoms with E-state index < -0.39 is 0 Å². The van der Waals surface area contributed by atoms with Crippen LogP contribution in [0.1, 0.15) is 13.3 Å². The largest absolute Gasteiger partial charge is 0.360 e. The molecule has 0 bridgehead atoms. The van der Waals surface area contributed by atoms with Crippen LogP contribution in [0.2, 0.25) is 0 Å². The standard InChI is InChI=1S/C11H13ClN2S/c1-2-8(12)7-13-11-14-9-5-3-4-6-10(9)15-11/h3-6,8H,2,7H2,1H3,(H,13,14). The number of benzene rings is 1. The first kappa shape index (κ1) is 10.7. The van der Waals surface area contributed by atoms with Crippen LogP contribution in [0.4, 0.5) is 5.13 Å². The fourth-order valence-corrected chi connectivity index (χ4v) is 2.24. The van der Waals surface area contributed by atoms with Gasteiger partial charge in [-0.3, -0.25) is 0 Å². The van der Waals surface area contributed by atoms with Gasteiger partial charge >= 0.3 is 0 Å². The van der Waals surface area contributed by atoms with E-state index in [1.807, 2.05) is 18.2 Å². The average molecular weight is 241 g/mol. The lowest BCUT2D eigenvalue weighted by Crippen LogP contribution is -2.12. The first-order chi connectivity index (χ1) is 7.29. The van der Waals surface area contributed by atoms with Crippen molar-refractivity contribution in [1.82, 2.24) is 4.98 Å². The van der Waals surface area contributed by atoms with Crippen LogP contribution in [0, 0.1) is 0 Å². The molecule has 1 N–H and O–H groups in total. The maximum Gasteiger partial charge on any atom is 0.183 e. The van der Waals surface area contributed by atoms with E-state index in [0.717, 1.165) is 23.6 Å². The first-order valence-corrected chi connectivity index (χ1v) is 6.28. The molecule has 0 aliphatic heterocycles. The number of thiazole rings is 1. The third kappa shape index (κ3) is 2.61.